The van der Waals surface area contributed by atoms with Crippen molar-refractivity contribution in [2.24, 2.45) is 5.10 Å². The highest BCUT2D eigenvalue weighted by Crippen LogP contribution is 2.33. The number of hydrogen-bond acceptors (Lipinski definition) is 5. The summed E-state index contributed by atoms with van der Waals surface area (Å²) in [5, 5.41) is 15.4. The number of carboxylic acid groups (broad SMARTS) is 1. The highest BCUT2D eigenvalue weighted by molar-refractivity contribution is 5.90. The smallest absolute Gasteiger partial charge is 0.341 e. The molecule has 0 radical (unpaired) electrons. The molecule has 0 saturated heterocycles. The van der Waals surface area contributed by atoms with Crippen LogP contribution in [0, 0.1) is 0 Å². The maximum Gasteiger partial charge on any atom is 0.341 e. The first kappa shape index (κ1) is 20.5. The van der Waals surface area contributed by atoms with Crippen LogP contribution in [-0.4, -0.2) is 37.0 Å². The summed E-state index contributed by atoms with van der Waals surface area (Å²) in [7, 11) is 1.45. The lowest BCUT2D eigenvalue weighted by Crippen LogP contribution is -2.24. The second-order valence-electron chi connectivity index (χ2n) is 5.58. The normalized spacial score (nSPS) is 10.3. The number of methoxy groups -OCH3 is 1. The number of benzene rings is 2. The van der Waals surface area contributed by atoms with Gasteiger partial charge in [0.2, 0.25) is 0 Å². The highest BCUT2D eigenvalue weighted by atomic mass is 16.5. The molecule has 0 bridgehead atoms. The number of hydrogen-bond donors (Lipinski definition) is 3. The van der Waals surface area contributed by atoms with Crippen LogP contribution in [-0.2, 0) is 11.2 Å². The first-order chi connectivity index (χ1) is 13.5. The summed E-state index contributed by atoms with van der Waals surface area (Å²) in [6.07, 6.45) is 3.55. The Balaban J connectivity index is 2.12. The first-order valence-corrected chi connectivity index (χ1v) is 8.35. The number of ether oxygens (including phenoxy) is 2. The van der Waals surface area contributed by atoms with E-state index in [-0.39, 0.29) is 0 Å². The molecule has 0 aliphatic rings. The average molecular weight is 383 g/mol. The third-order valence-electron chi connectivity index (χ3n) is 3.49. The molecule has 2 amide bonds. The SMILES string of the molecule is C=CCc1cc(/C=N/NC(=O)Nc2ccccc2)cc(OC)c1OCC(=O)O. The van der Waals surface area contributed by atoms with E-state index in [4.69, 9.17) is 14.6 Å². The molecule has 8 heteroatoms. The van der Waals surface area contributed by atoms with Crippen molar-refractivity contribution < 1.29 is 24.2 Å². The summed E-state index contributed by atoms with van der Waals surface area (Å²) in [5.74, 6) is -0.404. The van der Waals surface area contributed by atoms with Gasteiger partial charge in [-0.1, -0.05) is 24.3 Å². The van der Waals surface area contributed by atoms with Crippen molar-refractivity contribution in [2.75, 3.05) is 19.0 Å². The Morgan fingerprint density at radius 3 is 2.64 bits per heavy atom. The van der Waals surface area contributed by atoms with Crippen molar-refractivity contribution in [3.05, 3.63) is 66.2 Å². The van der Waals surface area contributed by atoms with E-state index < -0.39 is 18.6 Å². The standard InChI is InChI=1S/C20H21N3O5/c1-3-7-15-10-14(11-17(27-2)19(15)28-13-18(24)25)12-21-23-20(26)22-16-8-5-4-6-9-16/h3-6,8-12H,1,7,13H2,2H3,(H,24,25)(H2,22,23,26)/b21-12+. The number of carbonyl (C=O) groups is 2. The van der Waals surface area contributed by atoms with Crippen LogP contribution in [0.3, 0.4) is 0 Å². The lowest BCUT2D eigenvalue weighted by molar-refractivity contribution is -0.139. The number of amides is 2. The maximum absolute atomic E-state index is 11.8. The minimum atomic E-state index is -1.09. The molecule has 0 fully saturated rings. The number of allylic oxidation sites excluding steroid dienone is 1. The first-order valence-electron chi connectivity index (χ1n) is 8.35. The van der Waals surface area contributed by atoms with Crippen LogP contribution in [0.2, 0.25) is 0 Å². The third-order valence-corrected chi connectivity index (χ3v) is 3.49. The van der Waals surface area contributed by atoms with Gasteiger partial charge in [-0.3, -0.25) is 0 Å². The summed E-state index contributed by atoms with van der Waals surface area (Å²) >= 11 is 0. The van der Waals surface area contributed by atoms with Gasteiger partial charge in [0.25, 0.3) is 0 Å². The van der Waals surface area contributed by atoms with Gasteiger partial charge in [-0.15, -0.1) is 6.58 Å². The van der Waals surface area contributed by atoms with Gasteiger partial charge in [-0.2, -0.15) is 5.10 Å². The van der Waals surface area contributed by atoms with Crippen molar-refractivity contribution in [2.45, 2.75) is 6.42 Å². The van der Waals surface area contributed by atoms with E-state index in [0.717, 1.165) is 0 Å². The molecule has 0 saturated carbocycles. The summed E-state index contributed by atoms with van der Waals surface area (Å²) < 4.78 is 10.6. The minimum Gasteiger partial charge on any atom is -0.493 e. The number of para-hydroxylation sites is 1. The summed E-state index contributed by atoms with van der Waals surface area (Å²) in [4.78, 5) is 22.6. The van der Waals surface area contributed by atoms with Gasteiger partial charge in [0.15, 0.2) is 18.1 Å². The molecule has 0 unspecified atom stereocenters. The minimum absolute atomic E-state index is 0.330. The van der Waals surface area contributed by atoms with Gasteiger partial charge in [-0.05, 0) is 36.2 Å². The Hall–Kier alpha value is -3.81. The van der Waals surface area contributed by atoms with Crippen LogP contribution < -0.4 is 20.2 Å². The number of carboxylic acids is 1. The van der Waals surface area contributed by atoms with E-state index in [1.807, 2.05) is 6.07 Å². The zero-order chi connectivity index (χ0) is 20.4. The Kier molecular flexibility index (Phi) is 7.59. The van der Waals surface area contributed by atoms with E-state index in [2.05, 4.69) is 22.4 Å². The Morgan fingerprint density at radius 1 is 1.25 bits per heavy atom. The molecule has 146 valence electrons. The molecule has 0 aliphatic carbocycles. The number of hydrazone groups is 1. The number of nitrogens with one attached hydrogen (secondary N) is 2. The van der Waals surface area contributed by atoms with Crippen molar-refractivity contribution >= 4 is 23.9 Å². The fraction of sp³-hybridized carbons (Fsp3) is 0.150. The second-order valence-corrected chi connectivity index (χ2v) is 5.58. The highest BCUT2D eigenvalue weighted by Gasteiger charge is 2.13. The van der Waals surface area contributed by atoms with Crippen molar-refractivity contribution in [3.63, 3.8) is 0 Å². The van der Waals surface area contributed by atoms with Crippen LogP contribution in [0.1, 0.15) is 11.1 Å². The molecule has 8 nitrogen and oxygen atoms in total. The lowest BCUT2D eigenvalue weighted by atomic mass is 10.1. The Morgan fingerprint density at radius 2 is 2.00 bits per heavy atom. The van der Waals surface area contributed by atoms with Crippen molar-refractivity contribution in [1.29, 1.82) is 0 Å². The largest absolute Gasteiger partial charge is 0.493 e. The molecule has 2 aromatic rings. The maximum atomic E-state index is 11.8. The van der Waals surface area contributed by atoms with E-state index in [9.17, 15) is 9.59 Å². The third kappa shape index (κ3) is 6.17. The topological polar surface area (TPSA) is 109 Å². The van der Waals surface area contributed by atoms with Crippen molar-refractivity contribution in [1.82, 2.24) is 5.43 Å². The van der Waals surface area contributed by atoms with Crippen LogP contribution in [0.5, 0.6) is 11.5 Å². The molecular weight excluding hydrogens is 362 g/mol. The Bertz CT molecular complexity index is 866. The number of anilines is 1. The molecule has 2 aromatic carbocycles. The predicted octanol–water partition coefficient (Wildman–Crippen LogP) is 3.04. The van der Waals surface area contributed by atoms with E-state index in [1.54, 1.807) is 42.5 Å². The molecule has 0 spiro atoms. The molecular formula is C20H21N3O5. The molecule has 0 heterocycles. The van der Waals surface area contributed by atoms with Gasteiger partial charge >= 0.3 is 12.0 Å². The van der Waals surface area contributed by atoms with Gasteiger partial charge in [0.05, 0.1) is 13.3 Å². The number of aliphatic carboxylic acids is 1. The van der Waals surface area contributed by atoms with E-state index in [0.29, 0.717) is 34.7 Å². The lowest BCUT2D eigenvalue weighted by Gasteiger charge is -2.14. The molecule has 2 rings (SSSR count). The van der Waals surface area contributed by atoms with Gasteiger partial charge in [0.1, 0.15) is 0 Å². The van der Waals surface area contributed by atoms with Gasteiger partial charge in [-0.25, -0.2) is 15.0 Å². The average Bonchev–Trinajstić information content (AvgIpc) is 2.67. The molecule has 0 aromatic heterocycles. The Labute approximate surface area is 162 Å². The zero-order valence-electron chi connectivity index (χ0n) is 15.3. The van der Waals surface area contributed by atoms with Crippen molar-refractivity contribution in [3.8, 4) is 11.5 Å². The van der Waals surface area contributed by atoms with Crippen LogP contribution >= 0.6 is 0 Å². The second kappa shape index (κ2) is 10.4. The van der Waals surface area contributed by atoms with Crippen LogP contribution in [0.4, 0.5) is 10.5 Å². The molecule has 28 heavy (non-hydrogen) atoms. The van der Waals surface area contributed by atoms with Crippen LogP contribution in [0.15, 0.2) is 60.2 Å². The number of urea groups is 1. The van der Waals surface area contributed by atoms with E-state index in [1.165, 1.54) is 13.3 Å². The summed E-state index contributed by atoms with van der Waals surface area (Å²) in [6, 6.07) is 11.9. The van der Waals surface area contributed by atoms with E-state index >= 15 is 0 Å². The molecule has 0 aliphatic heterocycles. The number of carbonyl (C=O) groups excluding carboxylic acids is 1. The molecule has 0 atom stereocenters. The molecule has 3 N–H and O–H groups in total. The fourth-order valence-corrected chi connectivity index (χ4v) is 2.36. The van der Waals surface area contributed by atoms with Gasteiger partial charge in [0, 0.05) is 11.3 Å². The van der Waals surface area contributed by atoms with Crippen LogP contribution in [0.25, 0.3) is 0 Å². The fourth-order valence-electron chi connectivity index (χ4n) is 2.36. The number of rotatable bonds is 9. The predicted molar refractivity (Wildman–Crippen MR) is 106 cm³/mol. The van der Waals surface area contributed by atoms with Gasteiger partial charge < -0.3 is 19.9 Å². The summed E-state index contributed by atoms with van der Waals surface area (Å²) in [6.45, 7) is 3.20. The summed E-state index contributed by atoms with van der Waals surface area (Å²) in [5.41, 5.74) is 4.34. The number of nitrogens with zero attached hydrogens (tertiary/aromatic N) is 1. The monoisotopic (exact) mass is 383 g/mol. The zero-order valence-corrected chi connectivity index (χ0v) is 15.3. The quantitative estimate of drug-likeness (QED) is 0.350.